The third-order valence-corrected chi connectivity index (χ3v) is 3.55. The number of hydrogen-bond donors (Lipinski definition) is 1. The number of carbonyl (C=O) groups is 1. The Morgan fingerprint density at radius 2 is 1.52 bits per heavy atom. The van der Waals surface area contributed by atoms with E-state index in [0.717, 1.165) is 12.1 Å². The predicted octanol–water partition coefficient (Wildman–Crippen LogP) is 3.39. The van der Waals surface area contributed by atoms with Crippen LogP contribution in [-0.4, -0.2) is 31.4 Å². The van der Waals surface area contributed by atoms with Gasteiger partial charge in [0.1, 0.15) is 11.6 Å². The zero-order valence-corrected chi connectivity index (χ0v) is 13.2. The minimum Gasteiger partial charge on any atom is -0.345 e. The number of benzene rings is 2. The Labute approximate surface area is 134 Å². The van der Waals surface area contributed by atoms with E-state index in [1.807, 2.05) is 19.0 Å². The van der Waals surface area contributed by atoms with Crippen LogP contribution >= 0.6 is 0 Å². The molecule has 1 N–H and O–H groups in total. The van der Waals surface area contributed by atoms with E-state index in [1.54, 1.807) is 12.1 Å². The van der Waals surface area contributed by atoms with Crippen molar-refractivity contribution < 1.29 is 13.6 Å². The van der Waals surface area contributed by atoms with Crippen molar-refractivity contribution in [2.24, 2.45) is 0 Å². The van der Waals surface area contributed by atoms with Crippen molar-refractivity contribution in [3.8, 4) is 0 Å². The summed E-state index contributed by atoms with van der Waals surface area (Å²) in [6.07, 6.45) is 0.686. The van der Waals surface area contributed by atoms with Crippen molar-refractivity contribution in [3.63, 3.8) is 0 Å². The highest BCUT2D eigenvalue weighted by Gasteiger charge is 2.16. The Kier molecular flexibility index (Phi) is 5.82. The molecular formula is C18H20F2N2O. The molecule has 0 saturated heterocycles. The van der Waals surface area contributed by atoms with Gasteiger partial charge in [0.15, 0.2) is 0 Å². The first-order valence-corrected chi connectivity index (χ1v) is 7.42. The normalized spacial score (nSPS) is 12.2. The van der Waals surface area contributed by atoms with E-state index in [1.165, 1.54) is 36.4 Å². The van der Waals surface area contributed by atoms with Crippen molar-refractivity contribution in [1.82, 2.24) is 10.2 Å². The van der Waals surface area contributed by atoms with Gasteiger partial charge in [-0.15, -0.1) is 0 Å². The molecule has 1 amide bonds. The highest BCUT2D eigenvalue weighted by Crippen LogP contribution is 2.18. The Morgan fingerprint density at radius 3 is 2.04 bits per heavy atom. The van der Waals surface area contributed by atoms with Gasteiger partial charge in [-0.05, 0) is 69.0 Å². The van der Waals surface area contributed by atoms with Crippen LogP contribution in [0.4, 0.5) is 8.78 Å². The second kappa shape index (κ2) is 7.83. The molecule has 2 aromatic rings. The van der Waals surface area contributed by atoms with Gasteiger partial charge in [-0.1, -0.05) is 12.1 Å². The van der Waals surface area contributed by atoms with Crippen LogP contribution in [0.2, 0.25) is 0 Å². The number of halogens is 2. The number of nitrogens with one attached hydrogen (secondary N) is 1. The SMILES string of the molecule is CN(C)CCC(NC(=O)c1ccc(F)cc1)c1ccc(F)cc1. The summed E-state index contributed by atoms with van der Waals surface area (Å²) in [6, 6.07) is 11.2. The number of rotatable bonds is 6. The Morgan fingerprint density at radius 1 is 1.00 bits per heavy atom. The van der Waals surface area contributed by atoms with E-state index in [-0.39, 0.29) is 23.6 Å². The smallest absolute Gasteiger partial charge is 0.251 e. The maximum absolute atomic E-state index is 13.1. The van der Waals surface area contributed by atoms with Gasteiger partial charge in [0.2, 0.25) is 0 Å². The van der Waals surface area contributed by atoms with Crippen molar-refractivity contribution in [3.05, 3.63) is 71.3 Å². The molecule has 2 rings (SSSR count). The quantitative estimate of drug-likeness (QED) is 0.885. The lowest BCUT2D eigenvalue weighted by Crippen LogP contribution is -2.31. The molecule has 0 saturated carbocycles. The Bertz CT molecular complexity index is 639. The average molecular weight is 318 g/mol. The summed E-state index contributed by atoms with van der Waals surface area (Å²) in [5.74, 6) is -0.979. The van der Waals surface area contributed by atoms with Crippen LogP contribution in [0, 0.1) is 11.6 Å². The van der Waals surface area contributed by atoms with Crippen LogP contribution in [0.25, 0.3) is 0 Å². The van der Waals surface area contributed by atoms with Crippen LogP contribution in [0.15, 0.2) is 48.5 Å². The third-order valence-electron chi connectivity index (χ3n) is 3.55. The molecule has 1 atom stereocenters. The van der Waals surface area contributed by atoms with Crippen molar-refractivity contribution >= 4 is 5.91 Å². The van der Waals surface area contributed by atoms with E-state index >= 15 is 0 Å². The minimum absolute atomic E-state index is 0.240. The largest absolute Gasteiger partial charge is 0.345 e. The number of nitrogens with zero attached hydrogens (tertiary/aromatic N) is 1. The standard InChI is InChI=1S/C18H20F2N2O/c1-22(2)12-11-17(13-3-7-15(19)8-4-13)21-18(23)14-5-9-16(20)10-6-14/h3-10,17H,11-12H2,1-2H3,(H,21,23). The molecule has 0 radical (unpaired) electrons. The summed E-state index contributed by atoms with van der Waals surface area (Å²) >= 11 is 0. The summed E-state index contributed by atoms with van der Waals surface area (Å²) in [5, 5.41) is 2.93. The molecule has 122 valence electrons. The van der Waals surface area contributed by atoms with Crippen molar-refractivity contribution in [1.29, 1.82) is 0 Å². The molecule has 5 heteroatoms. The molecule has 2 aromatic carbocycles. The maximum atomic E-state index is 13.1. The van der Waals surface area contributed by atoms with Gasteiger partial charge in [0.25, 0.3) is 5.91 Å². The van der Waals surface area contributed by atoms with Gasteiger partial charge in [0, 0.05) is 5.56 Å². The first-order chi connectivity index (χ1) is 11.0. The van der Waals surface area contributed by atoms with Gasteiger partial charge in [-0.25, -0.2) is 8.78 Å². The second-order valence-corrected chi connectivity index (χ2v) is 5.68. The fraction of sp³-hybridized carbons (Fsp3) is 0.278. The highest BCUT2D eigenvalue weighted by molar-refractivity contribution is 5.94. The van der Waals surface area contributed by atoms with Crippen LogP contribution < -0.4 is 5.32 Å². The van der Waals surface area contributed by atoms with E-state index in [4.69, 9.17) is 0 Å². The number of carbonyl (C=O) groups excluding carboxylic acids is 1. The van der Waals surface area contributed by atoms with Gasteiger partial charge < -0.3 is 10.2 Å². The molecule has 0 aliphatic carbocycles. The van der Waals surface area contributed by atoms with Crippen molar-refractivity contribution in [2.75, 3.05) is 20.6 Å². The lowest BCUT2D eigenvalue weighted by atomic mass is 10.0. The molecule has 3 nitrogen and oxygen atoms in total. The topological polar surface area (TPSA) is 32.3 Å². The fourth-order valence-corrected chi connectivity index (χ4v) is 2.25. The highest BCUT2D eigenvalue weighted by atomic mass is 19.1. The molecule has 0 bridgehead atoms. The van der Waals surface area contributed by atoms with Gasteiger partial charge in [-0.2, -0.15) is 0 Å². The van der Waals surface area contributed by atoms with Gasteiger partial charge in [-0.3, -0.25) is 4.79 Å². The molecule has 0 aliphatic rings. The van der Waals surface area contributed by atoms with E-state index < -0.39 is 0 Å². The molecule has 0 aliphatic heterocycles. The van der Waals surface area contributed by atoms with E-state index in [9.17, 15) is 13.6 Å². The second-order valence-electron chi connectivity index (χ2n) is 5.68. The predicted molar refractivity (Wildman–Crippen MR) is 86.2 cm³/mol. The minimum atomic E-state index is -0.385. The summed E-state index contributed by atoms with van der Waals surface area (Å²) in [5.41, 5.74) is 1.23. The fourth-order valence-electron chi connectivity index (χ4n) is 2.25. The molecule has 23 heavy (non-hydrogen) atoms. The Hall–Kier alpha value is -2.27. The lowest BCUT2D eigenvalue weighted by Gasteiger charge is -2.21. The average Bonchev–Trinajstić information content (AvgIpc) is 2.52. The molecule has 1 unspecified atom stereocenters. The third kappa shape index (κ3) is 5.14. The van der Waals surface area contributed by atoms with Crippen molar-refractivity contribution in [2.45, 2.75) is 12.5 Å². The summed E-state index contributed by atoms with van der Waals surface area (Å²) < 4.78 is 26.1. The van der Waals surface area contributed by atoms with Gasteiger partial charge >= 0.3 is 0 Å². The van der Waals surface area contributed by atoms with E-state index in [0.29, 0.717) is 12.0 Å². The maximum Gasteiger partial charge on any atom is 0.251 e. The van der Waals surface area contributed by atoms with E-state index in [2.05, 4.69) is 5.32 Å². The van der Waals surface area contributed by atoms with Crippen LogP contribution in [0.1, 0.15) is 28.4 Å². The summed E-state index contributed by atoms with van der Waals surface area (Å²) in [4.78, 5) is 14.3. The number of amides is 1. The van der Waals surface area contributed by atoms with Crippen LogP contribution in [0.5, 0.6) is 0 Å². The molecule has 0 spiro atoms. The molecule has 0 aromatic heterocycles. The zero-order valence-electron chi connectivity index (χ0n) is 13.2. The van der Waals surface area contributed by atoms with Gasteiger partial charge in [0.05, 0.1) is 6.04 Å². The number of hydrogen-bond acceptors (Lipinski definition) is 2. The first kappa shape index (κ1) is 17.1. The van der Waals surface area contributed by atoms with Crippen LogP contribution in [0.3, 0.4) is 0 Å². The first-order valence-electron chi connectivity index (χ1n) is 7.42. The summed E-state index contributed by atoms with van der Waals surface area (Å²) in [6.45, 7) is 0.770. The lowest BCUT2D eigenvalue weighted by molar-refractivity contribution is 0.0932. The zero-order chi connectivity index (χ0) is 16.8. The molecular weight excluding hydrogens is 298 g/mol. The molecule has 0 fully saturated rings. The Balaban J connectivity index is 2.14. The molecule has 0 heterocycles. The van der Waals surface area contributed by atoms with Crippen LogP contribution in [-0.2, 0) is 0 Å². The monoisotopic (exact) mass is 318 g/mol. The summed E-state index contributed by atoms with van der Waals surface area (Å²) in [7, 11) is 3.90.